The van der Waals surface area contributed by atoms with Crippen molar-refractivity contribution in [2.75, 3.05) is 26.8 Å². The van der Waals surface area contributed by atoms with E-state index < -0.39 is 0 Å². The summed E-state index contributed by atoms with van der Waals surface area (Å²) in [5.74, 6) is 0. The average Bonchev–Trinajstić information content (AvgIpc) is 2.19. The summed E-state index contributed by atoms with van der Waals surface area (Å²) in [6.07, 6.45) is 0.409. The van der Waals surface area contributed by atoms with Crippen LogP contribution in [0.5, 0.6) is 0 Å². The molecule has 82 valence electrons. The van der Waals surface area contributed by atoms with Gasteiger partial charge in [-0.1, -0.05) is 0 Å². The first-order chi connectivity index (χ1) is 6.69. The van der Waals surface area contributed by atoms with Crippen LogP contribution in [0.25, 0.3) is 0 Å². The van der Waals surface area contributed by atoms with Gasteiger partial charge < -0.3 is 20.1 Å². The molecule has 1 fully saturated rings. The summed E-state index contributed by atoms with van der Waals surface area (Å²) in [5.41, 5.74) is 5.82. The third-order valence-electron chi connectivity index (χ3n) is 2.44. The van der Waals surface area contributed by atoms with Gasteiger partial charge in [0.05, 0.1) is 19.3 Å². The van der Waals surface area contributed by atoms with Crippen molar-refractivity contribution in [3.63, 3.8) is 0 Å². The normalized spacial score (nSPS) is 27.5. The fourth-order valence-electron chi connectivity index (χ4n) is 1.56. The van der Waals surface area contributed by atoms with Gasteiger partial charge in [-0.05, 0) is 13.3 Å². The summed E-state index contributed by atoms with van der Waals surface area (Å²) < 4.78 is 10.1. The van der Waals surface area contributed by atoms with Crippen LogP contribution in [0.1, 0.15) is 13.3 Å². The van der Waals surface area contributed by atoms with Crippen molar-refractivity contribution in [2.45, 2.75) is 25.5 Å². The van der Waals surface area contributed by atoms with Crippen LogP contribution >= 0.6 is 0 Å². The van der Waals surface area contributed by atoms with Gasteiger partial charge in [-0.15, -0.1) is 0 Å². The highest BCUT2D eigenvalue weighted by Crippen LogP contribution is 2.12. The standard InChI is InChI=1S/C9H18N2O3/c1-3-14-9(12)11-5-4-7(10)8(6-11)13-2/h7-8H,3-6,10H2,1-2H3/t7-,8-/m0/s1. The molecule has 1 amide bonds. The minimum Gasteiger partial charge on any atom is -0.450 e. The third kappa shape index (κ3) is 2.59. The smallest absolute Gasteiger partial charge is 0.409 e. The van der Waals surface area contributed by atoms with E-state index in [1.807, 2.05) is 0 Å². The van der Waals surface area contributed by atoms with E-state index in [-0.39, 0.29) is 18.2 Å². The van der Waals surface area contributed by atoms with E-state index in [9.17, 15) is 4.79 Å². The summed E-state index contributed by atoms with van der Waals surface area (Å²) in [4.78, 5) is 13.0. The van der Waals surface area contributed by atoms with Crippen LogP contribution in [0.2, 0.25) is 0 Å². The number of nitrogens with two attached hydrogens (primary N) is 1. The molecule has 1 rings (SSSR count). The molecule has 0 radical (unpaired) electrons. The summed E-state index contributed by atoms with van der Waals surface area (Å²) >= 11 is 0. The van der Waals surface area contributed by atoms with E-state index in [1.54, 1.807) is 18.9 Å². The number of ether oxygens (including phenoxy) is 2. The average molecular weight is 202 g/mol. The number of hydrogen-bond acceptors (Lipinski definition) is 4. The first-order valence-corrected chi connectivity index (χ1v) is 4.89. The Balaban J connectivity index is 2.45. The zero-order valence-electron chi connectivity index (χ0n) is 8.73. The fraction of sp³-hybridized carbons (Fsp3) is 0.889. The molecular weight excluding hydrogens is 184 g/mol. The Kier molecular flexibility index (Phi) is 4.16. The highest BCUT2D eigenvalue weighted by Gasteiger charge is 2.29. The van der Waals surface area contributed by atoms with Gasteiger partial charge in [0.1, 0.15) is 0 Å². The van der Waals surface area contributed by atoms with Gasteiger partial charge in [0.2, 0.25) is 0 Å². The minimum absolute atomic E-state index is 0.0191. The maximum Gasteiger partial charge on any atom is 0.409 e. The van der Waals surface area contributed by atoms with Crippen LogP contribution in [0.4, 0.5) is 4.79 Å². The third-order valence-corrected chi connectivity index (χ3v) is 2.44. The van der Waals surface area contributed by atoms with Crippen LogP contribution in [-0.2, 0) is 9.47 Å². The first-order valence-electron chi connectivity index (χ1n) is 4.89. The van der Waals surface area contributed by atoms with E-state index in [4.69, 9.17) is 15.2 Å². The monoisotopic (exact) mass is 202 g/mol. The Hall–Kier alpha value is -0.810. The van der Waals surface area contributed by atoms with E-state index in [0.29, 0.717) is 19.7 Å². The number of carbonyl (C=O) groups is 1. The Bertz CT molecular complexity index is 198. The molecule has 5 heteroatoms. The molecule has 0 aromatic rings. The predicted octanol–water partition coefficient (Wildman–Crippen LogP) is 0.191. The summed E-state index contributed by atoms with van der Waals surface area (Å²) in [6, 6.07) is 0.0191. The maximum atomic E-state index is 11.4. The van der Waals surface area contributed by atoms with Gasteiger partial charge in [-0.3, -0.25) is 0 Å². The Morgan fingerprint density at radius 2 is 2.36 bits per heavy atom. The van der Waals surface area contributed by atoms with Gasteiger partial charge >= 0.3 is 6.09 Å². The number of hydrogen-bond donors (Lipinski definition) is 1. The lowest BCUT2D eigenvalue weighted by Gasteiger charge is -2.35. The fourth-order valence-corrected chi connectivity index (χ4v) is 1.56. The van der Waals surface area contributed by atoms with Crippen LogP contribution < -0.4 is 5.73 Å². The number of amides is 1. The number of methoxy groups -OCH3 is 1. The van der Waals surface area contributed by atoms with Gasteiger partial charge in [0.15, 0.2) is 0 Å². The zero-order chi connectivity index (χ0) is 10.6. The molecule has 0 aromatic heterocycles. The highest BCUT2D eigenvalue weighted by atomic mass is 16.6. The number of carbonyl (C=O) groups excluding carboxylic acids is 1. The van der Waals surface area contributed by atoms with Gasteiger partial charge in [0, 0.05) is 19.7 Å². The maximum absolute atomic E-state index is 11.4. The second kappa shape index (κ2) is 5.17. The second-order valence-electron chi connectivity index (χ2n) is 3.37. The number of rotatable bonds is 2. The molecule has 0 saturated carbocycles. The van der Waals surface area contributed by atoms with Gasteiger partial charge in [-0.2, -0.15) is 0 Å². The molecule has 2 N–H and O–H groups in total. The Morgan fingerprint density at radius 3 is 2.93 bits per heavy atom. The Labute approximate surface area is 84.1 Å². The Morgan fingerprint density at radius 1 is 1.64 bits per heavy atom. The first kappa shape index (κ1) is 11.3. The summed E-state index contributed by atoms with van der Waals surface area (Å²) in [6.45, 7) is 3.37. The van der Waals surface area contributed by atoms with E-state index >= 15 is 0 Å². The van der Waals surface area contributed by atoms with Crippen molar-refractivity contribution >= 4 is 6.09 Å². The van der Waals surface area contributed by atoms with Crippen molar-refractivity contribution in [2.24, 2.45) is 5.73 Å². The molecule has 5 nitrogen and oxygen atoms in total. The highest BCUT2D eigenvalue weighted by molar-refractivity contribution is 5.67. The zero-order valence-corrected chi connectivity index (χ0v) is 8.73. The molecule has 2 atom stereocenters. The van der Waals surface area contributed by atoms with E-state index in [0.717, 1.165) is 6.42 Å². The number of nitrogens with zero attached hydrogens (tertiary/aromatic N) is 1. The molecule has 14 heavy (non-hydrogen) atoms. The molecule has 0 spiro atoms. The van der Waals surface area contributed by atoms with Crippen LogP contribution in [0, 0.1) is 0 Å². The molecule has 1 aliphatic rings. The number of piperidine rings is 1. The second-order valence-corrected chi connectivity index (χ2v) is 3.37. The molecule has 0 bridgehead atoms. The van der Waals surface area contributed by atoms with Crippen LogP contribution in [-0.4, -0.2) is 49.9 Å². The topological polar surface area (TPSA) is 64.8 Å². The SMILES string of the molecule is CCOC(=O)N1CC[C@H](N)[C@@H](OC)C1. The van der Waals surface area contributed by atoms with Crippen molar-refractivity contribution in [1.29, 1.82) is 0 Å². The lowest BCUT2D eigenvalue weighted by atomic mass is 10.0. The molecule has 0 aliphatic carbocycles. The van der Waals surface area contributed by atoms with Gasteiger partial charge in [-0.25, -0.2) is 4.79 Å². The number of likely N-dealkylation sites (tertiary alicyclic amines) is 1. The summed E-state index contributed by atoms with van der Waals surface area (Å²) in [5, 5.41) is 0. The molecule has 1 saturated heterocycles. The van der Waals surface area contributed by atoms with Crippen molar-refractivity contribution in [3.05, 3.63) is 0 Å². The van der Waals surface area contributed by atoms with Crippen LogP contribution in [0.3, 0.4) is 0 Å². The predicted molar refractivity (Wildman–Crippen MR) is 52.0 cm³/mol. The quantitative estimate of drug-likeness (QED) is 0.694. The van der Waals surface area contributed by atoms with Crippen molar-refractivity contribution in [3.8, 4) is 0 Å². The molecule has 1 heterocycles. The minimum atomic E-state index is -0.276. The molecular formula is C9H18N2O3. The van der Waals surface area contributed by atoms with Crippen LogP contribution in [0.15, 0.2) is 0 Å². The largest absolute Gasteiger partial charge is 0.450 e. The molecule has 0 unspecified atom stereocenters. The van der Waals surface area contributed by atoms with Gasteiger partial charge in [0.25, 0.3) is 0 Å². The van der Waals surface area contributed by atoms with E-state index in [2.05, 4.69) is 0 Å². The lowest BCUT2D eigenvalue weighted by molar-refractivity contribution is 0.0131. The van der Waals surface area contributed by atoms with E-state index in [1.165, 1.54) is 0 Å². The lowest BCUT2D eigenvalue weighted by Crippen LogP contribution is -2.53. The molecule has 1 aliphatic heterocycles. The van der Waals surface area contributed by atoms with Crippen molar-refractivity contribution in [1.82, 2.24) is 4.90 Å². The van der Waals surface area contributed by atoms with Crippen molar-refractivity contribution < 1.29 is 14.3 Å². The summed E-state index contributed by atoms with van der Waals surface area (Å²) in [7, 11) is 1.61. The molecule has 0 aromatic carbocycles.